The molecule has 0 aliphatic rings. The number of nitrogens with zero attached hydrogens (tertiary/aromatic N) is 1. The number of aromatic nitrogens is 1. The monoisotopic (exact) mass is 436 g/mol. The Labute approximate surface area is 188 Å². The summed E-state index contributed by atoms with van der Waals surface area (Å²) in [6.07, 6.45) is 3.46. The molecule has 0 fully saturated rings. The largest absolute Gasteiger partial charge is 0.493 e. The molecule has 0 spiro atoms. The SMILES string of the molecule is CCOc1ccc(CNC(=O)c2ccc(OCc3cccnc3)c(OCC)c2)cc1OC. The highest BCUT2D eigenvalue weighted by molar-refractivity contribution is 5.94. The van der Waals surface area contributed by atoms with Gasteiger partial charge in [-0.3, -0.25) is 9.78 Å². The fourth-order valence-electron chi connectivity index (χ4n) is 3.06. The van der Waals surface area contributed by atoms with Crippen molar-refractivity contribution in [1.29, 1.82) is 0 Å². The first-order valence-electron chi connectivity index (χ1n) is 10.5. The van der Waals surface area contributed by atoms with Crippen LogP contribution in [0.25, 0.3) is 0 Å². The molecule has 0 unspecified atom stereocenters. The van der Waals surface area contributed by atoms with E-state index in [-0.39, 0.29) is 5.91 Å². The average Bonchev–Trinajstić information content (AvgIpc) is 2.83. The van der Waals surface area contributed by atoms with Crippen molar-refractivity contribution in [3.63, 3.8) is 0 Å². The molecule has 0 bridgehead atoms. The summed E-state index contributed by atoms with van der Waals surface area (Å²) in [6.45, 7) is 5.52. The molecule has 3 rings (SSSR count). The fourth-order valence-corrected chi connectivity index (χ4v) is 3.06. The molecule has 3 aromatic rings. The summed E-state index contributed by atoms with van der Waals surface area (Å²) in [6, 6.07) is 14.5. The van der Waals surface area contributed by atoms with Crippen LogP contribution in [-0.4, -0.2) is 31.2 Å². The molecule has 7 heteroatoms. The molecule has 0 aliphatic carbocycles. The molecular formula is C25H28N2O5. The molecule has 1 N–H and O–H groups in total. The predicted octanol–water partition coefficient (Wildman–Crippen LogP) is 4.40. The number of hydrogen-bond acceptors (Lipinski definition) is 6. The normalized spacial score (nSPS) is 10.3. The second kappa shape index (κ2) is 11.6. The van der Waals surface area contributed by atoms with Gasteiger partial charge in [0.25, 0.3) is 5.91 Å². The predicted molar refractivity (Wildman–Crippen MR) is 122 cm³/mol. The van der Waals surface area contributed by atoms with Crippen LogP contribution >= 0.6 is 0 Å². The van der Waals surface area contributed by atoms with Gasteiger partial charge >= 0.3 is 0 Å². The molecule has 1 amide bonds. The number of carbonyl (C=O) groups is 1. The lowest BCUT2D eigenvalue weighted by Gasteiger charge is -2.14. The Morgan fingerprint density at radius 2 is 1.62 bits per heavy atom. The second-order valence-corrected chi connectivity index (χ2v) is 6.85. The second-order valence-electron chi connectivity index (χ2n) is 6.85. The molecule has 0 saturated carbocycles. The summed E-state index contributed by atoms with van der Waals surface area (Å²) in [5, 5.41) is 2.92. The van der Waals surface area contributed by atoms with Crippen molar-refractivity contribution in [3.8, 4) is 23.0 Å². The first-order valence-corrected chi connectivity index (χ1v) is 10.5. The Morgan fingerprint density at radius 1 is 0.875 bits per heavy atom. The molecule has 7 nitrogen and oxygen atoms in total. The van der Waals surface area contributed by atoms with E-state index in [1.54, 1.807) is 37.7 Å². The third kappa shape index (κ3) is 6.14. The van der Waals surface area contributed by atoms with Gasteiger partial charge in [-0.05, 0) is 55.8 Å². The molecule has 1 aromatic heterocycles. The van der Waals surface area contributed by atoms with Crippen LogP contribution in [0.1, 0.15) is 35.3 Å². The van der Waals surface area contributed by atoms with E-state index in [0.717, 1.165) is 11.1 Å². The zero-order chi connectivity index (χ0) is 22.8. The van der Waals surface area contributed by atoms with Crippen molar-refractivity contribution in [2.24, 2.45) is 0 Å². The molecular weight excluding hydrogens is 408 g/mol. The van der Waals surface area contributed by atoms with E-state index in [4.69, 9.17) is 18.9 Å². The number of amides is 1. The Kier molecular flexibility index (Phi) is 8.31. The standard InChI is InChI=1S/C25H28N2O5/c1-4-30-21-10-8-18(13-23(21)29-3)16-27-25(28)20-9-11-22(24(14-20)31-5-2)32-17-19-7-6-12-26-15-19/h6-15H,4-5,16-17H2,1-3H3,(H,27,28). The smallest absolute Gasteiger partial charge is 0.251 e. The van der Waals surface area contributed by atoms with Crippen LogP contribution in [0, 0.1) is 0 Å². The molecule has 1 heterocycles. The first kappa shape index (κ1) is 22.9. The topological polar surface area (TPSA) is 78.9 Å². The minimum absolute atomic E-state index is 0.211. The van der Waals surface area contributed by atoms with E-state index in [1.165, 1.54) is 0 Å². The highest BCUT2D eigenvalue weighted by Gasteiger charge is 2.13. The molecule has 0 radical (unpaired) electrons. The molecule has 0 saturated heterocycles. The first-order chi connectivity index (χ1) is 15.6. The highest BCUT2D eigenvalue weighted by atomic mass is 16.5. The number of hydrogen-bond donors (Lipinski definition) is 1. The van der Waals surface area contributed by atoms with Crippen LogP contribution in [0.5, 0.6) is 23.0 Å². The van der Waals surface area contributed by atoms with Crippen molar-refractivity contribution in [1.82, 2.24) is 10.3 Å². The van der Waals surface area contributed by atoms with Crippen LogP contribution in [0.4, 0.5) is 0 Å². The molecule has 0 aliphatic heterocycles. The Morgan fingerprint density at radius 3 is 2.34 bits per heavy atom. The Hall–Kier alpha value is -3.74. The number of rotatable bonds is 11. The van der Waals surface area contributed by atoms with Gasteiger partial charge in [-0.2, -0.15) is 0 Å². The summed E-state index contributed by atoms with van der Waals surface area (Å²) in [5.41, 5.74) is 2.34. The lowest BCUT2D eigenvalue weighted by atomic mass is 10.1. The molecule has 2 aromatic carbocycles. The van der Waals surface area contributed by atoms with Crippen LogP contribution in [0.3, 0.4) is 0 Å². The summed E-state index contributed by atoms with van der Waals surface area (Å²) in [7, 11) is 1.59. The summed E-state index contributed by atoms with van der Waals surface area (Å²) in [4.78, 5) is 16.8. The number of ether oxygens (including phenoxy) is 4. The van der Waals surface area contributed by atoms with Crippen LogP contribution in [-0.2, 0) is 13.2 Å². The quantitative estimate of drug-likeness (QED) is 0.480. The van der Waals surface area contributed by atoms with Gasteiger partial charge < -0.3 is 24.3 Å². The summed E-state index contributed by atoms with van der Waals surface area (Å²) in [5.74, 6) is 2.19. The van der Waals surface area contributed by atoms with Crippen molar-refractivity contribution in [2.75, 3.05) is 20.3 Å². The van der Waals surface area contributed by atoms with Gasteiger partial charge in [0, 0.05) is 30.1 Å². The van der Waals surface area contributed by atoms with Crippen molar-refractivity contribution in [3.05, 3.63) is 77.6 Å². The molecule has 168 valence electrons. The van der Waals surface area contributed by atoms with Gasteiger partial charge in [-0.15, -0.1) is 0 Å². The van der Waals surface area contributed by atoms with Crippen molar-refractivity contribution < 1.29 is 23.7 Å². The maximum atomic E-state index is 12.7. The fraction of sp³-hybridized carbons (Fsp3) is 0.280. The van der Waals surface area contributed by atoms with E-state index in [9.17, 15) is 4.79 Å². The number of nitrogens with one attached hydrogen (secondary N) is 1. The van der Waals surface area contributed by atoms with E-state index in [0.29, 0.717) is 54.9 Å². The maximum absolute atomic E-state index is 12.7. The minimum Gasteiger partial charge on any atom is -0.493 e. The van der Waals surface area contributed by atoms with Crippen molar-refractivity contribution in [2.45, 2.75) is 27.0 Å². The van der Waals surface area contributed by atoms with Crippen LogP contribution < -0.4 is 24.3 Å². The Balaban J connectivity index is 1.66. The van der Waals surface area contributed by atoms with Gasteiger partial charge in [0.05, 0.1) is 20.3 Å². The van der Waals surface area contributed by atoms with Gasteiger partial charge in [-0.1, -0.05) is 12.1 Å². The number of benzene rings is 2. The van der Waals surface area contributed by atoms with Gasteiger partial charge in [0.1, 0.15) is 6.61 Å². The van der Waals surface area contributed by atoms with Gasteiger partial charge in [-0.25, -0.2) is 0 Å². The number of carbonyl (C=O) groups excluding carboxylic acids is 1. The van der Waals surface area contributed by atoms with Crippen molar-refractivity contribution >= 4 is 5.91 Å². The maximum Gasteiger partial charge on any atom is 0.251 e. The zero-order valence-electron chi connectivity index (χ0n) is 18.6. The average molecular weight is 437 g/mol. The summed E-state index contributed by atoms with van der Waals surface area (Å²) >= 11 is 0. The van der Waals surface area contributed by atoms with E-state index in [1.807, 2.05) is 44.2 Å². The van der Waals surface area contributed by atoms with E-state index < -0.39 is 0 Å². The lowest BCUT2D eigenvalue weighted by Crippen LogP contribution is -2.22. The Bertz CT molecular complexity index is 1020. The van der Waals surface area contributed by atoms with Crippen LogP contribution in [0.2, 0.25) is 0 Å². The van der Waals surface area contributed by atoms with Gasteiger partial charge in [0.15, 0.2) is 23.0 Å². The summed E-state index contributed by atoms with van der Waals surface area (Å²) < 4.78 is 22.5. The minimum atomic E-state index is -0.211. The third-order valence-corrected chi connectivity index (χ3v) is 4.60. The molecule has 32 heavy (non-hydrogen) atoms. The zero-order valence-corrected chi connectivity index (χ0v) is 18.6. The third-order valence-electron chi connectivity index (χ3n) is 4.60. The highest BCUT2D eigenvalue weighted by Crippen LogP contribution is 2.30. The van der Waals surface area contributed by atoms with E-state index >= 15 is 0 Å². The van der Waals surface area contributed by atoms with E-state index in [2.05, 4.69) is 10.3 Å². The lowest BCUT2D eigenvalue weighted by molar-refractivity contribution is 0.0950. The molecule has 0 atom stereocenters. The van der Waals surface area contributed by atoms with Crippen LogP contribution in [0.15, 0.2) is 60.9 Å². The van der Waals surface area contributed by atoms with Gasteiger partial charge in [0.2, 0.25) is 0 Å². The number of methoxy groups -OCH3 is 1. The number of pyridine rings is 1.